The standard InChI is InChI=1S/C20H18N4O/c21-10-14-6-15(12-23-11-14)20(13-22)8-17-4-5-18(9-20)24(17)16-2-1-3-19(25)7-16/h4-7,11-12,17-18H,1-3,8-9H2. The molecule has 1 aromatic heterocycles. The summed E-state index contributed by atoms with van der Waals surface area (Å²) in [4.78, 5) is 18.3. The fourth-order valence-electron chi connectivity index (χ4n) is 4.38. The Morgan fingerprint density at radius 2 is 1.92 bits per heavy atom. The van der Waals surface area contributed by atoms with Crippen LogP contribution in [0.3, 0.4) is 0 Å². The van der Waals surface area contributed by atoms with E-state index in [1.807, 2.05) is 0 Å². The lowest BCUT2D eigenvalue weighted by Crippen LogP contribution is -2.49. The predicted molar refractivity (Wildman–Crippen MR) is 91.0 cm³/mol. The van der Waals surface area contributed by atoms with E-state index < -0.39 is 5.41 Å². The quantitative estimate of drug-likeness (QED) is 0.779. The van der Waals surface area contributed by atoms with Gasteiger partial charge in [0, 0.05) is 42.7 Å². The number of piperidine rings is 1. The third kappa shape index (κ3) is 2.53. The molecule has 3 aliphatic rings. The van der Waals surface area contributed by atoms with E-state index in [1.54, 1.807) is 18.3 Å². The fourth-order valence-corrected chi connectivity index (χ4v) is 4.38. The molecule has 5 nitrogen and oxygen atoms in total. The van der Waals surface area contributed by atoms with Crippen molar-refractivity contribution in [3.63, 3.8) is 0 Å². The van der Waals surface area contributed by atoms with E-state index >= 15 is 0 Å². The maximum Gasteiger partial charge on any atom is 0.157 e. The zero-order valence-electron chi connectivity index (χ0n) is 13.9. The second-order valence-electron chi connectivity index (χ2n) is 7.06. The third-order valence-electron chi connectivity index (χ3n) is 5.53. The first-order valence-corrected chi connectivity index (χ1v) is 8.62. The highest BCUT2D eigenvalue weighted by Gasteiger charge is 2.48. The molecule has 1 aliphatic carbocycles. The zero-order valence-corrected chi connectivity index (χ0v) is 13.9. The maximum atomic E-state index is 11.8. The largest absolute Gasteiger partial charge is 0.362 e. The summed E-state index contributed by atoms with van der Waals surface area (Å²) in [6, 6.07) is 6.63. The molecule has 0 saturated carbocycles. The molecule has 0 aromatic carbocycles. The van der Waals surface area contributed by atoms with Crippen LogP contribution >= 0.6 is 0 Å². The smallest absolute Gasteiger partial charge is 0.157 e. The molecule has 3 heterocycles. The summed E-state index contributed by atoms with van der Waals surface area (Å²) < 4.78 is 0. The number of fused-ring (bicyclic) bond motifs is 2. The number of pyridine rings is 1. The van der Waals surface area contributed by atoms with Crippen LogP contribution in [0.4, 0.5) is 0 Å². The minimum atomic E-state index is -0.644. The molecule has 0 spiro atoms. The van der Waals surface area contributed by atoms with Crippen LogP contribution in [-0.4, -0.2) is 27.8 Å². The van der Waals surface area contributed by atoms with Gasteiger partial charge < -0.3 is 4.90 Å². The molecular weight excluding hydrogens is 312 g/mol. The van der Waals surface area contributed by atoms with E-state index in [-0.39, 0.29) is 17.9 Å². The summed E-state index contributed by atoms with van der Waals surface area (Å²) in [7, 11) is 0. The molecule has 2 bridgehead atoms. The van der Waals surface area contributed by atoms with Crippen LogP contribution in [0.2, 0.25) is 0 Å². The molecule has 0 N–H and O–H groups in total. The summed E-state index contributed by atoms with van der Waals surface area (Å²) in [6.45, 7) is 0. The van der Waals surface area contributed by atoms with Crippen LogP contribution in [0, 0.1) is 22.7 Å². The molecular formula is C20H18N4O. The molecule has 1 fully saturated rings. The fraction of sp³-hybridized carbons (Fsp3) is 0.400. The van der Waals surface area contributed by atoms with Crippen LogP contribution < -0.4 is 0 Å². The number of carbonyl (C=O) groups is 1. The number of allylic oxidation sites excluding steroid dienone is 2. The van der Waals surface area contributed by atoms with Crippen LogP contribution in [-0.2, 0) is 10.2 Å². The third-order valence-corrected chi connectivity index (χ3v) is 5.53. The first kappa shape index (κ1) is 15.6. The topological polar surface area (TPSA) is 80.8 Å². The number of nitrogens with zero attached hydrogens (tertiary/aromatic N) is 4. The highest BCUT2D eigenvalue weighted by molar-refractivity contribution is 5.91. The number of ketones is 1. The van der Waals surface area contributed by atoms with Crippen molar-refractivity contribution >= 4 is 5.78 Å². The highest BCUT2D eigenvalue weighted by atomic mass is 16.1. The second-order valence-corrected chi connectivity index (χ2v) is 7.06. The van der Waals surface area contributed by atoms with Gasteiger partial charge in [-0.1, -0.05) is 12.2 Å². The summed E-state index contributed by atoms with van der Waals surface area (Å²) in [5, 5.41) is 19.1. The van der Waals surface area contributed by atoms with Crippen molar-refractivity contribution in [1.82, 2.24) is 9.88 Å². The molecule has 124 valence electrons. The summed E-state index contributed by atoms with van der Waals surface area (Å²) in [5.41, 5.74) is 1.76. The molecule has 25 heavy (non-hydrogen) atoms. The van der Waals surface area contributed by atoms with E-state index in [9.17, 15) is 10.1 Å². The Bertz CT molecular complexity index is 854. The lowest BCUT2D eigenvalue weighted by atomic mass is 9.70. The molecule has 2 aliphatic heterocycles. The van der Waals surface area contributed by atoms with Crippen molar-refractivity contribution in [1.29, 1.82) is 10.5 Å². The van der Waals surface area contributed by atoms with Crippen molar-refractivity contribution in [2.75, 3.05) is 0 Å². The molecule has 2 atom stereocenters. The van der Waals surface area contributed by atoms with E-state index in [0.717, 1.165) is 24.1 Å². The van der Waals surface area contributed by atoms with E-state index in [1.165, 1.54) is 6.20 Å². The summed E-state index contributed by atoms with van der Waals surface area (Å²) in [6.07, 6.45) is 13.1. The Labute approximate surface area is 146 Å². The van der Waals surface area contributed by atoms with Gasteiger partial charge >= 0.3 is 0 Å². The van der Waals surface area contributed by atoms with Gasteiger partial charge in [-0.15, -0.1) is 0 Å². The number of rotatable bonds is 2. The predicted octanol–water partition coefficient (Wildman–Crippen LogP) is 2.75. The first-order chi connectivity index (χ1) is 12.1. The van der Waals surface area contributed by atoms with Crippen LogP contribution in [0.25, 0.3) is 0 Å². The lowest BCUT2D eigenvalue weighted by Gasteiger charge is -2.46. The van der Waals surface area contributed by atoms with Crippen LogP contribution in [0.5, 0.6) is 0 Å². The number of hydrogen-bond donors (Lipinski definition) is 0. The van der Waals surface area contributed by atoms with Crippen molar-refractivity contribution in [3.8, 4) is 12.1 Å². The average Bonchev–Trinajstić information content (AvgIpc) is 2.92. The number of carbonyl (C=O) groups excluding carboxylic acids is 1. The van der Waals surface area contributed by atoms with Gasteiger partial charge in [-0.25, -0.2) is 0 Å². The molecule has 0 amide bonds. The van der Waals surface area contributed by atoms with Crippen LogP contribution in [0.15, 0.2) is 42.4 Å². The molecule has 5 heteroatoms. The van der Waals surface area contributed by atoms with Gasteiger partial charge in [0.25, 0.3) is 0 Å². The second kappa shape index (κ2) is 5.86. The van der Waals surface area contributed by atoms with Crippen molar-refractivity contribution < 1.29 is 4.79 Å². The van der Waals surface area contributed by atoms with Gasteiger partial charge in [-0.05, 0) is 37.3 Å². The number of hydrogen-bond acceptors (Lipinski definition) is 5. The van der Waals surface area contributed by atoms with Crippen molar-refractivity contribution in [2.45, 2.75) is 49.6 Å². The van der Waals surface area contributed by atoms with Gasteiger partial charge in [0.15, 0.2) is 5.78 Å². The van der Waals surface area contributed by atoms with E-state index in [2.05, 4.69) is 34.2 Å². The Kier molecular flexibility index (Phi) is 3.66. The van der Waals surface area contributed by atoms with Gasteiger partial charge in [0.1, 0.15) is 6.07 Å². The summed E-state index contributed by atoms with van der Waals surface area (Å²) in [5.74, 6) is 0.198. The lowest BCUT2D eigenvalue weighted by molar-refractivity contribution is -0.115. The van der Waals surface area contributed by atoms with Crippen molar-refractivity contribution in [3.05, 3.63) is 53.5 Å². The monoisotopic (exact) mass is 330 g/mol. The Hall–Kier alpha value is -2.92. The number of nitriles is 2. The first-order valence-electron chi connectivity index (χ1n) is 8.62. The van der Waals surface area contributed by atoms with Crippen molar-refractivity contribution in [2.24, 2.45) is 0 Å². The molecule has 1 saturated heterocycles. The molecule has 0 radical (unpaired) electrons. The van der Waals surface area contributed by atoms with Crippen LogP contribution in [0.1, 0.15) is 43.2 Å². The molecule has 1 aromatic rings. The van der Waals surface area contributed by atoms with E-state index in [0.29, 0.717) is 24.8 Å². The Balaban J connectivity index is 1.67. The minimum absolute atomic E-state index is 0.112. The van der Waals surface area contributed by atoms with Gasteiger partial charge in [0.05, 0.1) is 17.0 Å². The normalized spacial score (nSPS) is 30.6. The van der Waals surface area contributed by atoms with Gasteiger partial charge in [-0.2, -0.15) is 10.5 Å². The minimum Gasteiger partial charge on any atom is -0.362 e. The Morgan fingerprint density at radius 1 is 1.16 bits per heavy atom. The molecule has 2 unspecified atom stereocenters. The Morgan fingerprint density at radius 3 is 2.56 bits per heavy atom. The SMILES string of the molecule is N#Cc1cncc(C2(C#N)CC3C=CC(C2)N3C2=CC(=O)CCC2)c1. The van der Waals surface area contributed by atoms with Gasteiger partial charge in [-0.3, -0.25) is 9.78 Å². The molecule has 4 rings (SSSR count). The average molecular weight is 330 g/mol. The highest BCUT2D eigenvalue weighted by Crippen LogP contribution is 2.46. The zero-order chi connectivity index (χ0) is 17.4. The van der Waals surface area contributed by atoms with E-state index in [4.69, 9.17) is 5.26 Å². The van der Waals surface area contributed by atoms with Gasteiger partial charge in [0.2, 0.25) is 0 Å². The summed E-state index contributed by atoms with van der Waals surface area (Å²) >= 11 is 0. The maximum absolute atomic E-state index is 11.8. The number of aromatic nitrogens is 1.